The lowest BCUT2D eigenvalue weighted by molar-refractivity contribution is -0.289. The van der Waals surface area contributed by atoms with Crippen molar-refractivity contribution in [2.45, 2.75) is 95.4 Å². The van der Waals surface area contributed by atoms with Crippen LogP contribution in [0, 0.1) is 0 Å². The molecule has 0 saturated carbocycles. The fourth-order valence-electron chi connectivity index (χ4n) is 6.62. The molecule has 1 aliphatic heterocycles. The third-order valence-electron chi connectivity index (χ3n) is 10.4. The molecule has 0 spiro atoms. The minimum atomic E-state index is -3.06. The Kier molecular flexibility index (Phi) is 12.6. The van der Waals surface area contributed by atoms with E-state index in [4.69, 9.17) is 27.8 Å². The summed E-state index contributed by atoms with van der Waals surface area (Å²) in [5.74, 6) is -1.12. The van der Waals surface area contributed by atoms with Gasteiger partial charge in [0.2, 0.25) is 0 Å². The van der Waals surface area contributed by atoms with Crippen molar-refractivity contribution in [2.75, 3.05) is 13.7 Å². The van der Waals surface area contributed by atoms with Gasteiger partial charge in [-0.3, -0.25) is 0 Å². The SMILES string of the molecule is CO[C@H]1O[C@H](CO[Si](c2ccccc2)(c2ccccc2)C(C)(C)C)[C@@H](OC(=O)c2ccccc2)[C@H](O[Si](C)(C)C(C)(C)C)[C@@H]1OC(=O)c1ccccc1. The standard InChI is InChI=1S/C43H54O8Si2/c1-42(2,3)52(8,9)51-37-36(49-39(44)31-22-14-10-15-23-31)35(48-41(46-7)38(37)50-40(45)32-24-16-11-17-25-32)30-47-53(43(4,5)6,33-26-18-12-19-27-33)34-28-20-13-21-29-34/h10-29,35-38,41H,30H2,1-9H3/t35-,36-,37+,38+,41+/m1/s1. The van der Waals surface area contributed by atoms with E-state index in [1.54, 1.807) is 48.5 Å². The van der Waals surface area contributed by atoms with Crippen LogP contribution in [0.4, 0.5) is 0 Å². The van der Waals surface area contributed by atoms with Crippen LogP contribution in [0.1, 0.15) is 62.3 Å². The number of hydrogen-bond acceptors (Lipinski definition) is 8. The Morgan fingerprint density at radius 2 is 1.02 bits per heavy atom. The Morgan fingerprint density at radius 3 is 1.42 bits per heavy atom. The zero-order valence-electron chi connectivity index (χ0n) is 32.4. The first kappa shape index (κ1) is 40.3. The molecule has 4 aromatic carbocycles. The van der Waals surface area contributed by atoms with Crippen molar-refractivity contribution in [3.63, 3.8) is 0 Å². The van der Waals surface area contributed by atoms with Gasteiger partial charge in [0, 0.05) is 7.11 Å². The highest BCUT2D eigenvalue weighted by molar-refractivity contribution is 6.99. The van der Waals surface area contributed by atoms with Crippen molar-refractivity contribution in [1.82, 2.24) is 0 Å². The summed E-state index contributed by atoms with van der Waals surface area (Å²) in [7, 11) is -4.19. The number of esters is 2. The first-order valence-corrected chi connectivity index (χ1v) is 23.0. The fraction of sp³-hybridized carbons (Fsp3) is 0.395. The summed E-state index contributed by atoms with van der Waals surface area (Å²) in [4.78, 5) is 27.7. The molecule has 5 rings (SSSR count). The minimum absolute atomic E-state index is 0.0383. The second-order valence-corrected chi connectivity index (χ2v) is 25.1. The molecule has 282 valence electrons. The molecule has 0 aliphatic carbocycles. The number of carbonyl (C=O) groups excluding carboxylic acids is 2. The summed E-state index contributed by atoms with van der Waals surface area (Å²) < 4.78 is 39.9. The average Bonchev–Trinajstić information content (AvgIpc) is 3.14. The number of benzene rings is 4. The number of ether oxygens (including phenoxy) is 4. The van der Waals surface area contributed by atoms with E-state index in [0.29, 0.717) is 11.1 Å². The third kappa shape index (κ3) is 8.91. The Bertz CT molecular complexity index is 1730. The maximum atomic E-state index is 14.0. The summed E-state index contributed by atoms with van der Waals surface area (Å²) in [6.07, 6.45) is -5.01. The third-order valence-corrected chi connectivity index (χ3v) is 19.9. The Morgan fingerprint density at radius 1 is 0.604 bits per heavy atom. The molecule has 4 aromatic rings. The van der Waals surface area contributed by atoms with Gasteiger partial charge in [0.25, 0.3) is 8.32 Å². The Balaban J connectivity index is 1.63. The molecule has 1 saturated heterocycles. The molecule has 5 atom stereocenters. The second kappa shape index (κ2) is 16.6. The number of carbonyl (C=O) groups is 2. The van der Waals surface area contributed by atoms with Gasteiger partial charge in [-0.15, -0.1) is 0 Å². The van der Waals surface area contributed by atoms with Crippen LogP contribution in [-0.4, -0.2) is 73.0 Å². The highest BCUT2D eigenvalue weighted by Crippen LogP contribution is 2.42. The van der Waals surface area contributed by atoms with Crippen molar-refractivity contribution >= 4 is 38.9 Å². The number of rotatable bonds is 12. The Labute approximate surface area is 317 Å². The molecule has 1 heterocycles. The van der Waals surface area contributed by atoms with E-state index in [1.807, 2.05) is 48.5 Å². The van der Waals surface area contributed by atoms with E-state index < -0.39 is 59.3 Å². The summed E-state index contributed by atoms with van der Waals surface area (Å²) in [6.45, 7) is 17.3. The monoisotopic (exact) mass is 754 g/mol. The van der Waals surface area contributed by atoms with Crippen LogP contribution in [-0.2, 0) is 27.8 Å². The molecule has 53 heavy (non-hydrogen) atoms. The van der Waals surface area contributed by atoms with Gasteiger partial charge in [-0.05, 0) is 57.8 Å². The molecule has 0 N–H and O–H groups in total. The predicted molar refractivity (Wildman–Crippen MR) is 213 cm³/mol. The van der Waals surface area contributed by atoms with E-state index in [1.165, 1.54) is 7.11 Å². The zero-order valence-corrected chi connectivity index (χ0v) is 34.4. The second-order valence-electron chi connectivity index (χ2n) is 16.1. The minimum Gasteiger partial charge on any atom is -0.453 e. The molecule has 0 bridgehead atoms. The highest BCUT2D eigenvalue weighted by atomic mass is 28.4. The van der Waals surface area contributed by atoms with Gasteiger partial charge in [0.1, 0.15) is 12.2 Å². The average molecular weight is 755 g/mol. The maximum absolute atomic E-state index is 14.0. The first-order valence-electron chi connectivity index (χ1n) is 18.2. The van der Waals surface area contributed by atoms with Crippen molar-refractivity contribution < 1.29 is 37.4 Å². The van der Waals surface area contributed by atoms with Crippen LogP contribution in [0.5, 0.6) is 0 Å². The first-order chi connectivity index (χ1) is 25.1. The largest absolute Gasteiger partial charge is 0.453 e. The number of hydrogen-bond donors (Lipinski definition) is 0. The molecule has 1 fully saturated rings. The van der Waals surface area contributed by atoms with Gasteiger partial charge in [-0.1, -0.05) is 139 Å². The molecule has 8 nitrogen and oxygen atoms in total. The number of methoxy groups -OCH3 is 1. The van der Waals surface area contributed by atoms with Crippen LogP contribution < -0.4 is 10.4 Å². The van der Waals surface area contributed by atoms with Crippen molar-refractivity contribution in [2.24, 2.45) is 0 Å². The van der Waals surface area contributed by atoms with Crippen LogP contribution in [0.3, 0.4) is 0 Å². The molecular weight excluding hydrogens is 701 g/mol. The van der Waals surface area contributed by atoms with E-state index in [0.717, 1.165) is 10.4 Å². The zero-order chi connectivity index (χ0) is 38.4. The highest BCUT2D eigenvalue weighted by Gasteiger charge is 2.56. The lowest BCUT2D eigenvalue weighted by Crippen LogP contribution is -2.69. The molecule has 0 aromatic heterocycles. The molecule has 0 unspecified atom stereocenters. The van der Waals surface area contributed by atoms with Gasteiger partial charge in [0.15, 0.2) is 26.8 Å². The summed E-state index contributed by atoms with van der Waals surface area (Å²) in [5.41, 5.74) is 0.736. The maximum Gasteiger partial charge on any atom is 0.338 e. The molecule has 0 radical (unpaired) electrons. The van der Waals surface area contributed by atoms with E-state index >= 15 is 0 Å². The normalized spacial score (nSPS) is 21.1. The van der Waals surface area contributed by atoms with E-state index in [-0.39, 0.29) is 16.7 Å². The lowest BCUT2D eigenvalue weighted by atomic mass is 9.98. The van der Waals surface area contributed by atoms with Crippen LogP contribution in [0.2, 0.25) is 23.2 Å². The quantitative estimate of drug-likeness (QED) is 0.107. The van der Waals surface area contributed by atoms with Crippen LogP contribution in [0.15, 0.2) is 121 Å². The van der Waals surface area contributed by atoms with Crippen LogP contribution in [0.25, 0.3) is 0 Å². The molecule has 1 aliphatic rings. The van der Waals surface area contributed by atoms with Gasteiger partial charge in [-0.25, -0.2) is 9.59 Å². The van der Waals surface area contributed by atoms with Crippen LogP contribution >= 0.6 is 0 Å². The molecular formula is C43H54O8Si2. The predicted octanol–water partition coefficient (Wildman–Crippen LogP) is 7.78. The fourth-order valence-corrected chi connectivity index (χ4v) is 12.5. The van der Waals surface area contributed by atoms with E-state index in [2.05, 4.69) is 78.9 Å². The Hall–Kier alpha value is -3.91. The summed E-state index contributed by atoms with van der Waals surface area (Å²) >= 11 is 0. The smallest absolute Gasteiger partial charge is 0.338 e. The van der Waals surface area contributed by atoms with Crippen molar-refractivity contribution in [1.29, 1.82) is 0 Å². The topological polar surface area (TPSA) is 89.5 Å². The van der Waals surface area contributed by atoms with Gasteiger partial charge in [-0.2, -0.15) is 0 Å². The van der Waals surface area contributed by atoms with Gasteiger partial charge < -0.3 is 27.8 Å². The van der Waals surface area contributed by atoms with E-state index in [9.17, 15) is 9.59 Å². The lowest BCUT2D eigenvalue weighted by Gasteiger charge is -2.50. The van der Waals surface area contributed by atoms with Gasteiger partial charge in [0.05, 0.1) is 17.7 Å². The van der Waals surface area contributed by atoms with Crippen molar-refractivity contribution in [3.05, 3.63) is 132 Å². The molecule has 10 heteroatoms. The summed E-state index contributed by atoms with van der Waals surface area (Å²) in [6, 6.07) is 38.2. The molecule has 0 amide bonds. The van der Waals surface area contributed by atoms with Gasteiger partial charge >= 0.3 is 11.9 Å². The summed E-state index contributed by atoms with van der Waals surface area (Å²) in [5, 5.41) is 1.63. The van der Waals surface area contributed by atoms with Crippen molar-refractivity contribution in [3.8, 4) is 0 Å².